The Hall–Kier alpha value is -3.77. The van der Waals surface area contributed by atoms with Crippen molar-refractivity contribution >= 4 is 16.9 Å². The zero-order valence-corrected chi connectivity index (χ0v) is 18.7. The van der Waals surface area contributed by atoms with Gasteiger partial charge in [-0.1, -0.05) is 60.2 Å². The van der Waals surface area contributed by atoms with Gasteiger partial charge in [0.1, 0.15) is 18.2 Å². The summed E-state index contributed by atoms with van der Waals surface area (Å²) in [7, 11) is 0. The van der Waals surface area contributed by atoms with E-state index in [9.17, 15) is 9.90 Å². The third kappa shape index (κ3) is 5.54. The average Bonchev–Trinajstić information content (AvgIpc) is 2.84. The summed E-state index contributed by atoms with van der Waals surface area (Å²) in [6.07, 6.45) is 3.49. The molecule has 4 rings (SSSR count). The van der Waals surface area contributed by atoms with E-state index in [4.69, 9.17) is 9.47 Å². The van der Waals surface area contributed by atoms with Crippen LogP contribution in [0.1, 0.15) is 39.7 Å². The topological polar surface area (TPSA) is 81.5 Å². The second-order valence-electron chi connectivity index (χ2n) is 8.05. The minimum absolute atomic E-state index is 0.0394. The van der Waals surface area contributed by atoms with Gasteiger partial charge in [-0.05, 0) is 43.0 Å². The van der Waals surface area contributed by atoms with Crippen molar-refractivity contribution in [1.82, 2.24) is 9.97 Å². The van der Waals surface area contributed by atoms with E-state index in [0.717, 1.165) is 22.9 Å². The highest BCUT2D eigenvalue weighted by molar-refractivity contribution is 5.97. The first kappa shape index (κ1) is 22.4. The Morgan fingerprint density at radius 1 is 0.970 bits per heavy atom. The van der Waals surface area contributed by atoms with Crippen LogP contribution in [0.5, 0.6) is 5.75 Å². The van der Waals surface area contributed by atoms with Gasteiger partial charge in [0.05, 0.1) is 6.61 Å². The van der Waals surface area contributed by atoms with Crippen LogP contribution < -0.4 is 4.74 Å². The highest BCUT2D eigenvalue weighted by atomic mass is 16.6. The molecular formula is C27H26N2O4. The third-order valence-electron chi connectivity index (χ3n) is 5.25. The number of fused-ring (bicyclic) bond motifs is 1. The number of carbonyl (C=O) groups excluding carboxylic acids is 1. The molecule has 2 aromatic carbocycles. The molecule has 0 saturated heterocycles. The highest BCUT2D eigenvalue weighted by Crippen LogP contribution is 2.29. The summed E-state index contributed by atoms with van der Waals surface area (Å²) < 4.78 is 11.3. The van der Waals surface area contributed by atoms with E-state index < -0.39 is 12.1 Å². The van der Waals surface area contributed by atoms with Crippen LogP contribution in [-0.2, 0) is 17.8 Å². The van der Waals surface area contributed by atoms with Gasteiger partial charge < -0.3 is 14.6 Å². The van der Waals surface area contributed by atoms with Gasteiger partial charge in [0.15, 0.2) is 11.4 Å². The zero-order valence-electron chi connectivity index (χ0n) is 18.7. The fourth-order valence-corrected chi connectivity index (χ4v) is 3.45. The van der Waals surface area contributed by atoms with Crippen LogP contribution in [0.15, 0.2) is 73.1 Å². The summed E-state index contributed by atoms with van der Waals surface area (Å²) in [6, 6.07) is 20.1. The number of aliphatic hydroxyl groups is 1. The summed E-state index contributed by atoms with van der Waals surface area (Å²) in [5.41, 5.74) is 4.97. The molecule has 1 atom stereocenters. The smallest absolute Gasteiger partial charge is 0.361 e. The van der Waals surface area contributed by atoms with Gasteiger partial charge in [0.25, 0.3) is 0 Å². The maximum Gasteiger partial charge on any atom is 0.361 e. The van der Waals surface area contributed by atoms with Gasteiger partial charge in [-0.3, -0.25) is 4.98 Å². The fraction of sp³-hybridized carbons (Fsp3) is 0.222. The van der Waals surface area contributed by atoms with Crippen molar-refractivity contribution in [1.29, 1.82) is 0 Å². The number of aryl methyl sites for hydroxylation is 1. The molecule has 0 radical (unpaired) electrons. The first-order valence-electron chi connectivity index (χ1n) is 10.8. The lowest BCUT2D eigenvalue weighted by Crippen LogP contribution is -2.20. The van der Waals surface area contributed by atoms with Crippen molar-refractivity contribution < 1.29 is 19.4 Å². The normalized spacial score (nSPS) is 11.8. The number of pyridine rings is 2. The molecule has 6 nitrogen and oxygen atoms in total. The summed E-state index contributed by atoms with van der Waals surface area (Å²) >= 11 is 0. The van der Waals surface area contributed by atoms with Crippen molar-refractivity contribution in [3.8, 4) is 5.75 Å². The van der Waals surface area contributed by atoms with Crippen molar-refractivity contribution in [2.24, 2.45) is 0 Å². The number of esters is 1. The maximum atomic E-state index is 12.7. The van der Waals surface area contributed by atoms with Crippen LogP contribution in [-0.4, -0.2) is 33.8 Å². The number of aliphatic hydroxyl groups excluding tert-OH is 1. The number of nitrogens with zero attached hydrogens (tertiary/aromatic N) is 2. The van der Waals surface area contributed by atoms with Crippen molar-refractivity contribution in [2.75, 3.05) is 6.61 Å². The SMILES string of the molecule is Cc1ccc(Cc2cnc3c(OCc4ccccc4)c(C(=O)OC(C)CO)ncc3c2)cc1. The Morgan fingerprint density at radius 3 is 2.45 bits per heavy atom. The molecule has 0 saturated carbocycles. The molecule has 0 aliphatic rings. The van der Waals surface area contributed by atoms with E-state index in [1.807, 2.05) is 36.4 Å². The molecule has 33 heavy (non-hydrogen) atoms. The highest BCUT2D eigenvalue weighted by Gasteiger charge is 2.22. The zero-order chi connectivity index (χ0) is 23.2. The summed E-state index contributed by atoms with van der Waals surface area (Å²) in [6.45, 7) is 3.65. The number of ether oxygens (including phenoxy) is 2. The minimum Gasteiger partial charge on any atom is -0.484 e. The predicted molar refractivity (Wildman–Crippen MR) is 126 cm³/mol. The minimum atomic E-state index is -0.660. The molecule has 0 aliphatic carbocycles. The molecule has 0 fully saturated rings. The molecule has 168 valence electrons. The van der Waals surface area contributed by atoms with E-state index in [-0.39, 0.29) is 24.7 Å². The van der Waals surface area contributed by atoms with E-state index >= 15 is 0 Å². The van der Waals surface area contributed by atoms with Gasteiger partial charge in [0.2, 0.25) is 0 Å². The summed E-state index contributed by atoms with van der Waals surface area (Å²) in [5.74, 6) is -0.388. The molecule has 0 aliphatic heterocycles. The van der Waals surface area contributed by atoms with Crippen molar-refractivity contribution in [3.63, 3.8) is 0 Å². The molecule has 2 aromatic heterocycles. The second-order valence-corrected chi connectivity index (χ2v) is 8.05. The number of aromatic nitrogens is 2. The van der Waals surface area contributed by atoms with Crippen LogP contribution in [0.4, 0.5) is 0 Å². The van der Waals surface area contributed by atoms with E-state index in [1.165, 1.54) is 11.1 Å². The Morgan fingerprint density at radius 2 is 1.73 bits per heavy atom. The molecule has 1 N–H and O–H groups in total. The lowest BCUT2D eigenvalue weighted by atomic mass is 10.0. The summed E-state index contributed by atoms with van der Waals surface area (Å²) in [4.78, 5) is 21.7. The Balaban J connectivity index is 1.68. The quantitative estimate of drug-likeness (QED) is 0.400. The molecule has 1 unspecified atom stereocenters. The van der Waals surface area contributed by atoms with E-state index in [2.05, 4.69) is 41.2 Å². The van der Waals surface area contributed by atoms with Crippen LogP contribution >= 0.6 is 0 Å². The van der Waals surface area contributed by atoms with Crippen LogP contribution in [0.25, 0.3) is 10.9 Å². The number of rotatable bonds is 8. The number of benzene rings is 2. The molecule has 6 heteroatoms. The Bertz CT molecular complexity index is 1240. The van der Waals surface area contributed by atoms with Crippen LogP contribution in [0.3, 0.4) is 0 Å². The van der Waals surface area contributed by atoms with Gasteiger partial charge in [0, 0.05) is 17.8 Å². The molecule has 2 heterocycles. The lowest BCUT2D eigenvalue weighted by Gasteiger charge is -2.15. The van der Waals surface area contributed by atoms with Crippen LogP contribution in [0, 0.1) is 6.92 Å². The predicted octanol–water partition coefficient (Wildman–Crippen LogP) is 4.65. The molecule has 4 aromatic rings. The molecule has 0 spiro atoms. The van der Waals surface area contributed by atoms with E-state index in [0.29, 0.717) is 5.52 Å². The Labute approximate surface area is 192 Å². The standard InChI is InChI=1S/C27H26N2O4/c1-18-8-10-20(11-9-18)12-22-13-23-15-29-25(27(31)33-19(2)16-30)26(24(23)28-14-22)32-17-21-6-4-3-5-7-21/h3-11,13-15,19,30H,12,16-17H2,1-2H3. The number of carbonyl (C=O) groups is 1. The van der Waals surface area contributed by atoms with Crippen LogP contribution in [0.2, 0.25) is 0 Å². The first-order chi connectivity index (χ1) is 16.0. The van der Waals surface area contributed by atoms with Crippen molar-refractivity contribution in [3.05, 3.63) is 101 Å². The summed E-state index contributed by atoms with van der Waals surface area (Å²) in [5, 5.41) is 10.0. The van der Waals surface area contributed by atoms with Gasteiger partial charge in [-0.2, -0.15) is 0 Å². The number of hydrogen-bond acceptors (Lipinski definition) is 6. The Kier molecular flexibility index (Phi) is 6.95. The molecular weight excluding hydrogens is 416 g/mol. The van der Waals surface area contributed by atoms with Gasteiger partial charge in [-0.15, -0.1) is 0 Å². The second kappa shape index (κ2) is 10.2. The molecule has 0 amide bonds. The molecule has 0 bridgehead atoms. The largest absolute Gasteiger partial charge is 0.484 e. The first-order valence-corrected chi connectivity index (χ1v) is 10.8. The lowest BCUT2D eigenvalue weighted by molar-refractivity contribution is 0.0186. The van der Waals surface area contributed by atoms with E-state index in [1.54, 1.807) is 19.3 Å². The average molecular weight is 443 g/mol. The van der Waals surface area contributed by atoms with Crippen molar-refractivity contribution in [2.45, 2.75) is 33.0 Å². The van der Waals surface area contributed by atoms with Gasteiger partial charge in [-0.25, -0.2) is 9.78 Å². The van der Waals surface area contributed by atoms with Gasteiger partial charge >= 0.3 is 5.97 Å². The fourth-order valence-electron chi connectivity index (χ4n) is 3.45. The third-order valence-corrected chi connectivity index (χ3v) is 5.25. The monoisotopic (exact) mass is 442 g/mol. The number of hydrogen-bond donors (Lipinski definition) is 1. The maximum absolute atomic E-state index is 12.7.